The van der Waals surface area contributed by atoms with E-state index in [1.54, 1.807) is 13.0 Å². The minimum Gasteiger partial charge on any atom is -0.325 e. The summed E-state index contributed by atoms with van der Waals surface area (Å²) in [5.74, 6) is 0.786. The average molecular weight is 453 g/mol. The van der Waals surface area contributed by atoms with Crippen LogP contribution in [-0.4, -0.2) is 49.3 Å². The van der Waals surface area contributed by atoms with E-state index in [-0.39, 0.29) is 17.3 Å². The summed E-state index contributed by atoms with van der Waals surface area (Å²) in [5.41, 5.74) is 2.15. The fourth-order valence-corrected chi connectivity index (χ4v) is 4.46. The van der Waals surface area contributed by atoms with Gasteiger partial charge in [-0.05, 0) is 56.6 Å². The van der Waals surface area contributed by atoms with Crippen molar-refractivity contribution in [3.8, 4) is 5.69 Å². The number of nitrogens with one attached hydrogen (secondary N) is 1. The van der Waals surface area contributed by atoms with E-state index in [0.29, 0.717) is 16.4 Å². The quantitative estimate of drug-likeness (QED) is 0.315. The van der Waals surface area contributed by atoms with Crippen molar-refractivity contribution in [3.05, 3.63) is 70.0 Å². The maximum absolute atomic E-state index is 12.6. The molecule has 0 spiro atoms. The van der Waals surface area contributed by atoms with Crippen LogP contribution in [0.3, 0.4) is 0 Å². The van der Waals surface area contributed by atoms with E-state index in [1.165, 1.54) is 36.7 Å². The lowest BCUT2D eigenvalue weighted by Crippen LogP contribution is -2.21. The van der Waals surface area contributed by atoms with Gasteiger partial charge < -0.3 is 5.32 Å². The third-order valence-electron chi connectivity index (χ3n) is 5.31. The molecule has 2 heterocycles. The molecule has 1 fully saturated rings. The molecular formula is C22H24N6O3S. The van der Waals surface area contributed by atoms with Gasteiger partial charge in [0.25, 0.3) is 5.69 Å². The summed E-state index contributed by atoms with van der Waals surface area (Å²) < 4.78 is 2.01. The lowest BCUT2D eigenvalue weighted by atomic mass is 10.2. The van der Waals surface area contributed by atoms with E-state index in [2.05, 4.69) is 20.4 Å². The van der Waals surface area contributed by atoms with Crippen molar-refractivity contribution in [3.63, 3.8) is 0 Å². The number of likely N-dealkylation sites (tertiary alicyclic amines) is 1. The van der Waals surface area contributed by atoms with Crippen molar-refractivity contribution < 1.29 is 9.72 Å². The van der Waals surface area contributed by atoms with Crippen molar-refractivity contribution in [2.75, 3.05) is 24.2 Å². The average Bonchev–Trinajstić information content (AvgIpc) is 3.44. The minimum absolute atomic E-state index is 0.00336. The summed E-state index contributed by atoms with van der Waals surface area (Å²) in [6.45, 7) is 4.56. The number of aromatic nitrogens is 3. The predicted octanol–water partition coefficient (Wildman–Crippen LogP) is 3.81. The standard InChI is InChI=1S/C22H24N6O3S/c1-16-13-18(28(30)31)9-10-19(16)23-21(29)15-32-22-25-24-20(14-26-11-5-6-12-26)27(22)17-7-3-2-4-8-17/h2-4,7-10,13H,5-6,11-12,14-15H2,1H3,(H,23,29). The van der Waals surface area contributed by atoms with Gasteiger partial charge in [0, 0.05) is 23.5 Å². The molecule has 1 saturated heterocycles. The summed E-state index contributed by atoms with van der Waals surface area (Å²) in [6, 6.07) is 14.3. The van der Waals surface area contributed by atoms with Crippen LogP contribution in [0.2, 0.25) is 0 Å². The number of nitro benzene ring substituents is 1. The zero-order valence-corrected chi connectivity index (χ0v) is 18.5. The Bertz CT molecular complexity index is 1110. The van der Waals surface area contributed by atoms with Gasteiger partial charge in [0.15, 0.2) is 11.0 Å². The van der Waals surface area contributed by atoms with E-state index in [4.69, 9.17) is 0 Å². The maximum Gasteiger partial charge on any atom is 0.269 e. The molecule has 0 atom stereocenters. The number of para-hydroxylation sites is 1. The van der Waals surface area contributed by atoms with Gasteiger partial charge >= 0.3 is 0 Å². The summed E-state index contributed by atoms with van der Waals surface area (Å²) in [7, 11) is 0. The number of anilines is 1. The highest BCUT2D eigenvalue weighted by molar-refractivity contribution is 7.99. The molecule has 0 unspecified atom stereocenters. The van der Waals surface area contributed by atoms with Crippen LogP contribution in [0.25, 0.3) is 5.69 Å². The van der Waals surface area contributed by atoms with Crippen LogP contribution in [0.1, 0.15) is 24.2 Å². The number of aryl methyl sites for hydroxylation is 1. The van der Waals surface area contributed by atoms with Gasteiger partial charge in [-0.3, -0.25) is 24.4 Å². The molecule has 0 saturated carbocycles. The summed E-state index contributed by atoms with van der Waals surface area (Å²) >= 11 is 1.31. The van der Waals surface area contributed by atoms with E-state index < -0.39 is 4.92 Å². The normalized spacial score (nSPS) is 13.9. The number of amides is 1. The van der Waals surface area contributed by atoms with Gasteiger partial charge in [-0.2, -0.15) is 0 Å². The first-order valence-electron chi connectivity index (χ1n) is 10.4. The molecule has 0 aliphatic carbocycles. The number of nitro groups is 1. The molecule has 2 aromatic carbocycles. The Hall–Kier alpha value is -3.24. The molecule has 166 valence electrons. The minimum atomic E-state index is -0.454. The number of carbonyl (C=O) groups is 1. The number of benzene rings is 2. The number of rotatable bonds is 8. The largest absolute Gasteiger partial charge is 0.325 e. The molecule has 1 aliphatic heterocycles. The Balaban J connectivity index is 1.47. The van der Waals surface area contributed by atoms with E-state index in [1.807, 2.05) is 34.9 Å². The molecule has 9 nitrogen and oxygen atoms in total. The van der Waals surface area contributed by atoms with Crippen LogP contribution in [0, 0.1) is 17.0 Å². The van der Waals surface area contributed by atoms with Crippen LogP contribution in [0.4, 0.5) is 11.4 Å². The van der Waals surface area contributed by atoms with Gasteiger partial charge in [0.1, 0.15) is 0 Å². The van der Waals surface area contributed by atoms with Gasteiger partial charge in [0.2, 0.25) is 5.91 Å². The molecule has 10 heteroatoms. The zero-order chi connectivity index (χ0) is 22.5. The second-order valence-corrected chi connectivity index (χ2v) is 8.59. The highest BCUT2D eigenvalue weighted by atomic mass is 32.2. The molecule has 0 radical (unpaired) electrons. The van der Waals surface area contributed by atoms with Gasteiger partial charge in [0.05, 0.1) is 17.2 Å². The second-order valence-electron chi connectivity index (χ2n) is 7.65. The van der Waals surface area contributed by atoms with Crippen molar-refractivity contribution >= 4 is 29.0 Å². The molecule has 1 aliphatic rings. The summed E-state index contributed by atoms with van der Waals surface area (Å²) in [5, 5.41) is 23.1. The molecule has 1 amide bonds. The lowest BCUT2D eigenvalue weighted by Gasteiger charge is -2.16. The molecular weight excluding hydrogens is 428 g/mol. The fourth-order valence-electron chi connectivity index (χ4n) is 3.69. The van der Waals surface area contributed by atoms with Gasteiger partial charge in [-0.1, -0.05) is 30.0 Å². The Morgan fingerprint density at radius 3 is 2.59 bits per heavy atom. The molecule has 0 bridgehead atoms. The number of nitrogens with zero attached hydrogens (tertiary/aromatic N) is 5. The highest BCUT2D eigenvalue weighted by Crippen LogP contribution is 2.25. The molecule has 3 aromatic rings. The smallest absolute Gasteiger partial charge is 0.269 e. The Morgan fingerprint density at radius 1 is 1.16 bits per heavy atom. The maximum atomic E-state index is 12.6. The highest BCUT2D eigenvalue weighted by Gasteiger charge is 2.20. The van der Waals surface area contributed by atoms with Crippen molar-refractivity contribution in [2.24, 2.45) is 0 Å². The van der Waals surface area contributed by atoms with Crippen LogP contribution >= 0.6 is 11.8 Å². The fraction of sp³-hybridized carbons (Fsp3) is 0.318. The molecule has 4 rings (SSSR count). The van der Waals surface area contributed by atoms with Crippen LogP contribution in [0.15, 0.2) is 53.7 Å². The third kappa shape index (κ3) is 5.14. The molecule has 32 heavy (non-hydrogen) atoms. The first kappa shape index (κ1) is 22.0. The second kappa shape index (κ2) is 9.92. The van der Waals surface area contributed by atoms with Crippen molar-refractivity contribution in [1.29, 1.82) is 0 Å². The predicted molar refractivity (Wildman–Crippen MR) is 123 cm³/mol. The Kier molecular flexibility index (Phi) is 6.81. The van der Waals surface area contributed by atoms with Gasteiger partial charge in [-0.25, -0.2) is 0 Å². The summed E-state index contributed by atoms with van der Waals surface area (Å²) in [6.07, 6.45) is 2.40. The van der Waals surface area contributed by atoms with Gasteiger partial charge in [-0.15, -0.1) is 10.2 Å². The van der Waals surface area contributed by atoms with Crippen molar-refractivity contribution in [1.82, 2.24) is 19.7 Å². The molecule has 1 aromatic heterocycles. The third-order valence-corrected chi connectivity index (χ3v) is 6.23. The number of non-ortho nitro benzene ring substituents is 1. The topological polar surface area (TPSA) is 106 Å². The Labute approximate surface area is 190 Å². The van der Waals surface area contributed by atoms with Crippen LogP contribution < -0.4 is 5.32 Å². The monoisotopic (exact) mass is 452 g/mol. The number of hydrogen-bond donors (Lipinski definition) is 1. The van der Waals surface area contributed by atoms with E-state index in [0.717, 1.165) is 31.1 Å². The first-order valence-corrected chi connectivity index (χ1v) is 11.4. The number of carbonyl (C=O) groups excluding carboxylic acids is 1. The SMILES string of the molecule is Cc1cc([N+](=O)[O-])ccc1NC(=O)CSc1nnc(CN2CCCC2)n1-c1ccccc1. The van der Waals surface area contributed by atoms with Crippen LogP contribution in [0.5, 0.6) is 0 Å². The van der Waals surface area contributed by atoms with E-state index in [9.17, 15) is 14.9 Å². The number of thioether (sulfide) groups is 1. The Morgan fingerprint density at radius 2 is 1.91 bits per heavy atom. The zero-order valence-electron chi connectivity index (χ0n) is 17.7. The first-order chi connectivity index (χ1) is 15.5. The van der Waals surface area contributed by atoms with E-state index >= 15 is 0 Å². The summed E-state index contributed by atoms with van der Waals surface area (Å²) in [4.78, 5) is 25.4. The molecule has 1 N–H and O–H groups in total. The van der Waals surface area contributed by atoms with Crippen molar-refractivity contribution in [2.45, 2.75) is 31.5 Å². The lowest BCUT2D eigenvalue weighted by molar-refractivity contribution is -0.384. The van der Waals surface area contributed by atoms with Crippen LogP contribution in [-0.2, 0) is 11.3 Å². The number of hydrogen-bond acceptors (Lipinski definition) is 7.